The lowest BCUT2D eigenvalue weighted by Crippen LogP contribution is -2.48. The summed E-state index contributed by atoms with van der Waals surface area (Å²) in [5, 5.41) is 13.6. The van der Waals surface area contributed by atoms with Gasteiger partial charge in [0.15, 0.2) is 0 Å². The number of rotatable bonds is 6. The first-order valence-electron chi connectivity index (χ1n) is 9.77. The third kappa shape index (κ3) is 5.07. The molecular formula is C21H23ClN4O4. The molecule has 0 radical (unpaired) electrons. The number of non-ortho nitro benzene ring substituents is 1. The second-order valence-corrected chi connectivity index (χ2v) is 7.45. The maximum absolute atomic E-state index is 12.4. The van der Waals surface area contributed by atoms with E-state index < -0.39 is 10.8 Å². The fraction of sp³-hybridized carbons (Fsp3) is 0.333. The predicted octanol–water partition coefficient (Wildman–Crippen LogP) is 3.95. The number of halogens is 1. The summed E-state index contributed by atoms with van der Waals surface area (Å²) >= 11 is 6.02. The average Bonchev–Trinajstić information content (AvgIpc) is 2.74. The molecule has 158 valence electrons. The molecule has 2 aromatic carbocycles. The average molecular weight is 431 g/mol. The maximum atomic E-state index is 12.4. The first-order chi connectivity index (χ1) is 14.4. The molecule has 0 aromatic heterocycles. The molecule has 1 heterocycles. The Morgan fingerprint density at radius 3 is 2.33 bits per heavy atom. The van der Waals surface area contributed by atoms with Crippen molar-refractivity contribution in [3.63, 3.8) is 0 Å². The van der Waals surface area contributed by atoms with E-state index in [9.17, 15) is 19.7 Å². The Bertz CT molecular complexity index is 941. The topological polar surface area (TPSA) is 95.8 Å². The number of carbonyl (C=O) groups excluding carboxylic acids is 2. The second-order valence-electron chi connectivity index (χ2n) is 7.04. The minimum absolute atomic E-state index is 0.0220. The van der Waals surface area contributed by atoms with E-state index in [0.29, 0.717) is 25.2 Å². The smallest absolute Gasteiger partial charge is 0.270 e. The third-order valence-corrected chi connectivity index (χ3v) is 5.31. The van der Waals surface area contributed by atoms with Crippen LogP contribution in [0.2, 0.25) is 5.02 Å². The number of nitrogens with zero attached hydrogens (tertiary/aromatic N) is 3. The van der Waals surface area contributed by atoms with Gasteiger partial charge >= 0.3 is 0 Å². The number of benzene rings is 2. The van der Waals surface area contributed by atoms with Crippen molar-refractivity contribution in [3.8, 4) is 0 Å². The highest BCUT2D eigenvalue weighted by molar-refractivity contribution is 6.34. The van der Waals surface area contributed by atoms with Crippen LogP contribution in [-0.4, -0.2) is 47.8 Å². The number of nitro groups is 1. The van der Waals surface area contributed by atoms with Gasteiger partial charge in [0.05, 0.1) is 15.5 Å². The lowest BCUT2D eigenvalue weighted by molar-refractivity contribution is -0.384. The molecule has 0 bridgehead atoms. The fourth-order valence-corrected chi connectivity index (χ4v) is 3.60. The summed E-state index contributed by atoms with van der Waals surface area (Å²) < 4.78 is 0. The van der Waals surface area contributed by atoms with Gasteiger partial charge < -0.3 is 15.1 Å². The molecule has 0 spiro atoms. The number of piperazine rings is 1. The monoisotopic (exact) mass is 430 g/mol. The number of nitro benzene ring substituents is 1. The van der Waals surface area contributed by atoms with E-state index in [0.717, 1.165) is 31.3 Å². The van der Waals surface area contributed by atoms with Crippen molar-refractivity contribution in [2.24, 2.45) is 0 Å². The Balaban J connectivity index is 1.59. The van der Waals surface area contributed by atoms with Gasteiger partial charge in [0.2, 0.25) is 5.91 Å². The van der Waals surface area contributed by atoms with Crippen LogP contribution < -0.4 is 10.2 Å². The van der Waals surface area contributed by atoms with Gasteiger partial charge in [0.1, 0.15) is 0 Å². The first-order valence-corrected chi connectivity index (χ1v) is 10.1. The van der Waals surface area contributed by atoms with Crippen LogP contribution in [0.4, 0.5) is 17.1 Å². The van der Waals surface area contributed by atoms with E-state index in [1.54, 1.807) is 12.1 Å². The minimum atomic E-state index is -0.564. The molecule has 0 saturated carbocycles. The summed E-state index contributed by atoms with van der Waals surface area (Å²) in [5.41, 5.74) is 1.61. The number of nitrogens with one attached hydrogen (secondary N) is 1. The number of hydrogen-bond donors (Lipinski definition) is 1. The van der Waals surface area contributed by atoms with E-state index in [4.69, 9.17) is 11.6 Å². The molecule has 0 aliphatic carbocycles. The van der Waals surface area contributed by atoms with Crippen LogP contribution in [0.5, 0.6) is 0 Å². The van der Waals surface area contributed by atoms with Gasteiger partial charge in [-0.25, -0.2) is 0 Å². The van der Waals surface area contributed by atoms with Gasteiger partial charge in [-0.15, -0.1) is 0 Å². The quantitative estimate of drug-likeness (QED) is 0.553. The zero-order chi connectivity index (χ0) is 21.7. The lowest BCUT2D eigenvalue weighted by Gasteiger charge is -2.36. The second kappa shape index (κ2) is 9.58. The summed E-state index contributed by atoms with van der Waals surface area (Å²) in [6.07, 6.45) is 1.45. The van der Waals surface area contributed by atoms with Crippen LogP contribution in [0, 0.1) is 10.1 Å². The maximum Gasteiger partial charge on any atom is 0.270 e. The van der Waals surface area contributed by atoms with E-state index in [1.807, 2.05) is 24.0 Å². The molecule has 2 amide bonds. The van der Waals surface area contributed by atoms with E-state index in [-0.39, 0.29) is 22.2 Å². The molecule has 1 fully saturated rings. The molecule has 0 unspecified atom stereocenters. The summed E-state index contributed by atoms with van der Waals surface area (Å²) in [5.74, 6) is -0.231. The largest absolute Gasteiger partial charge is 0.368 e. The molecule has 3 rings (SSSR count). The molecule has 1 saturated heterocycles. The summed E-state index contributed by atoms with van der Waals surface area (Å²) in [7, 11) is 0. The van der Waals surface area contributed by atoms with Crippen molar-refractivity contribution in [2.45, 2.75) is 19.8 Å². The van der Waals surface area contributed by atoms with Gasteiger partial charge in [-0.2, -0.15) is 0 Å². The molecule has 2 aromatic rings. The molecule has 8 nitrogen and oxygen atoms in total. The molecule has 1 aliphatic heterocycles. The molecule has 30 heavy (non-hydrogen) atoms. The van der Waals surface area contributed by atoms with Crippen LogP contribution in [-0.2, 0) is 4.79 Å². The van der Waals surface area contributed by atoms with Gasteiger partial charge in [-0.3, -0.25) is 19.7 Å². The van der Waals surface area contributed by atoms with Crippen LogP contribution in [0.1, 0.15) is 30.1 Å². The lowest BCUT2D eigenvalue weighted by atomic mass is 10.1. The van der Waals surface area contributed by atoms with Gasteiger partial charge in [-0.05, 0) is 36.8 Å². The van der Waals surface area contributed by atoms with Crippen LogP contribution >= 0.6 is 11.6 Å². The number of hydrogen-bond acceptors (Lipinski definition) is 5. The minimum Gasteiger partial charge on any atom is -0.368 e. The van der Waals surface area contributed by atoms with Crippen molar-refractivity contribution in [2.75, 3.05) is 36.4 Å². The Kier molecular flexibility index (Phi) is 6.89. The molecule has 1 N–H and O–H groups in total. The van der Waals surface area contributed by atoms with Gasteiger partial charge in [-0.1, -0.05) is 18.5 Å². The SMILES string of the molecule is CCCC(=O)N1CCN(c2ccc(NC(=O)c3ccc([N+](=O)[O-])cc3Cl)cc2)CC1. The summed E-state index contributed by atoms with van der Waals surface area (Å²) in [6, 6.07) is 11.2. The highest BCUT2D eigenvalue weighted by atomic mass is 35.5. The fourth-order valence-electron chi connectivity index (χ4n) is 3.34. The van der Waals surface area contributed by atoms with Crippen LogP contribution in [0.15, 0.2) is 42.5 Å². The Morgan fingerprint density at radius 1 is 1.10 bits per heavy atom. The number of amides is 2. The van der Waals surface area contributed by atoms with Crippen LogP contribution in [0.3, 0.4) is 0 Å². The highest BCUT2D eigenvalue weighted by Gasteiger charge is 2.21. The predicted molar refractivity (Wildman–Crippen MR) is 116 cm³/mol. The van der Waals surface area contributed by atoms with Crippen molar-refractivity contribution in [1.29, 1.82) is 0 Å². The highest BCUT2D eigenvalue weighted by Crippen LogP contribution is 2.24. The van der Waals surface area contributed by atoms with Crippen LogP contribution in [0.25, 0.3) is 0 Å². The van der Waals surface area contributed by atoms with E-state index >= 15 is 0 Å². The van der Waals surface area contributed by atoms with Crippen molar-refractivity contribution in [3.05, 3.63) is 63.2 Å². The van der Waals surface area contributed by atoms with Crippen molar-refractivity contribution in [1.82, 2.24) is 4.90 Å². The van der Waals surface area contributed by atoms with Gasteiger partial charge in [0, 0.05) is 56.1 Å². The zero-order valence-electron chi connectivity index (χ0n) is 16.6. The Labute approximate surface area is 179 Å². The van der Waals surface area contributed by atoms with Crippen molar-refractivity contribution < 1.29 is 14.5 Å². The normalized spacial score (nSPS) is 13.8. The molecule has 1 aliphatic rings. The van der Waals surface area contributed by atoms with E-state index in [2.05, 4.69) is 10.2 Å². The zero-order valence-corrected chi connectivity index (χ0v) is 17.4. The molecule has 0 atom stereocenters. The molecular weight excluding hydrogens is 408 g/mol. The number of anilines is 2. The number of carbonyl (C=O) groups is 2. The summed E-state index contributed by atoms with van der Waals surface area (Å²) in [6.45, 7) is 4.94. The van der Waals surface area contributed by atoms with Crippen molar-refractivity contribution >= 4 is 40.5 Å². The molecule has 9 heteroatoms. The summed E-state index contributed by atoms with van der Waals surface area (Å²) in [4.78, 5) is 38.8. The Hall–Kier alpha value is -3.13. The standard InChI is InChI=1S/C21H23ClN4O4/c1-2-3-20(27)25-12-10-24(11-13-25)16-6-4-15(5-7-16)23-21(28)18-9-8-17(26(29)30)14-19(18)22/h4-9,14H,2-3,10-13H2,1H3,(H,23,28). The van der Waals surface area contributed by atoms with E-state index in [1.165, 1.54) is 12.1 Å². The third-order valence-electron chi connectivity index (χ3n) is 4.99. The van der Waals surface area contributed by atoms with Gasteiger partial charge in [0.25, 0.3) is 11.6 Å². The first kappa shape index (κ1) is 21.6. The Morgan fingerprint density at radius 2 is 1.77 bits per heavy atom.